The van der Waals surface area contributed by atoms with Gasteiger partial charge in [0, 0.05) is 16.8 Å². The van der Waals surface area contributed by atoms with Gasteiger partial charge in [0.05, 0.1) is 36.8 Å². The van der Waals surface area contributed by atoms with Crippen molar-refractivity contribution < 1.29 is 13.9 Å². The lowest BCUT2D eigenvalue weighted by molar-refractivity contribution is -0.138. The number of ether oxygens (including phenoxy) is 1. The average molecular weight is 301 g/mol. The zero-order valence-corrected chi connectivity index (χ0v) is 12.7. The van der Waals surface area contributed by atoms with Crippen LogP contribution in [0.5, 0.6) is 0 Å². The molecule has 6 heteroatoms. The topological polar surface area (TPSA) is 80.2 Å². The summed E-state index contributed by atoms with van der Waals surface area (Å²) in [5.41, 5.74) is 3.35. The summed E-state index contributed by atoms with van der Waals surface area (Å²) in [6.07, 6.45) is 6.70. The number of H-pyrrole nitrogens is 1. The van der Waals surface area contributed by atoms with E-state index < -0.39 is 0 Å². The van der Waals surface area contributed by atoms with Crippen molar-refractivity contribution in [2.75, 3.05) is 11.9 Å². The summed E-state index contributed by atoms with van der Waals surface area (Å²) in [5, 5.41) is 10.3. The standard InChI is InChI=1S/C16H19N3O3/c1-3-5-12-14(16(20)22-4-2)13(10-6-7-21-9-10)11-8-17-19-15(11)18-12/h6-9,13H,3-5H2,1-2H3,(H2,17,18,19). The van der Waals surface area contributed by atoms with Crippen LogP contribution in [0, 0.1) is 0 Å². The van der Waals surface area contributed by atoms with Crippen molar-refractivity contribution in [2.24, 2.45) is 0 Å². The second kappa shape index (κ2) is 6.09. The van der Waals surface area contributed by atoms with Gasteiger partial charge in [0.25, 0.3) is 0 Å². The number of allylic oxidation sites excluding steroid dienone is 1. The number of carbonyl (C=O) groups is 1. The van der Waals surface area contributed by atoms with Gasteiger partial charge in [0.1, 0.15) is 5.82 Å². The van der Waals surface area contributed by atoms with Gasteiger partial charge in [-0.15, -0.1) is 0 Å². The Hall–Kier alpha value is -2.50. The Labute approximate surface area is 128 Å². The van der Waals surface area contributed by atoms with Crippen LogP contribution in [-0.4, -0.2) is 22.8 Å². The van der Waals surface area contributed by atoms with E-state index in [0.29, 0.717) is 12.2 Å². The van der Waals surface area contributed by atoms with Crippen LogP contribution in [0.1, 0.15) is 43.7 Å². The second-order valence-corrected chi connectivity index (χ2v) is 5.18. The van der Waals surface area contributed by atoms with Gasteiger partial charge in [-0.2, -0.15) is 5.10 Å². The van der Waals surface area contributed by atoms with Gasteiger partial charge in [0.15, 0.2) is 0 Å². The maximum Gasteiger partial charge on any atom is 0.336 e. The molecule has 22 heavy (non-hydrogen) atoms. The van der Waals surface area contributed by atoms with Crippen LogP contribution in [0.25, 0.3) is 0 Å². The van der Waals surface area contributed by atoms with Crippen molar-refractivity contribution in [3.05, 3.63) is 47.2 Å². The van der Waals surface area contributed by atoms with Crippen LogP contribution < -0.4 is 5.32 Å². The van der Waals surface area contributed by atoms with Gasteiger partial charge >= 0.3 is 5.97 Å². The van der Waals surface area contributed by atoms with Crippen LogP contribution in [0.15, 0.2) is 40.5 Å². The smallest absolute Gasteiger partial charge is 0.336 e. The molecule has 0 radical (unpaired) electrons. The normalized spacial score (nSPS) is 17.1. The predicted molar refractivity (Wildman–Crippen MR) is 81.3 cm³/mol. The molecule has 1 unspecified atom stereocenters. The van der Waals surface area contributed by atoms with E-state index in [-0.39, 0.29) is 11.9 Å². The first-order valence-electron chi connectivity index (χ1n) is 7.48. The highest BCUT2D eigenvalue weighted by molar-refractivity contribution is 5.94. The number of rotatable bonds is 5. The Kier molecular flexibility index (Phi) is 4.00. The zero-order chi connectivity index (χ0) is 15.5. The summed E-state index contributed by atoms with van der Waals surface area (Å²) in [6, 6.07) is 1.87. The molecule has 0 aliphatic carbocycles. The Morgan fingerprint density at radius 2 is 2.32 bits per heavy atom. The lowest BCUT2D eigenvalue weighted by atomic mass is 9.83. The molecule has 0 amide bonds. The summed E-state index contributed by atoms with van der Waals surface area (Å²) in [6.45, 7) is 4.23. The molecule has 0 saturated carbocycles. The van der Waals surface area contributed by atoms with E-state index in [9.17, 15) is 4.79 Å². The Morgan fingerprint density at radius 3 is 3.00 bits per heavy atom. The minimum Gasteiger partial charge on any atom is -0.472 e. The molecule has 2 aromatic rings. The number of nitrogens with zero attached hydrogens (tertiary/aromatic N) is 1. The summed E-state index contributed by atoms with van der Waals surface area (Å²) in [7, 11) is 0. The monoisotopic (exact) mass is 301 g/mol. The highest BCUT2D eigenvalue weighted by Crippen LogP contribution is 2.42. The molecular weight excluding hydrogens is 282 g/mol. The van der Waals surface area contributed by atoms with Crippen LogP contribution in [0.2, 0.25) is 0 Å². The second-order valence-electron chi connectivity index (χ2n) is 5.18. The van der Waals surface area contributed by atoms with E-state index in [4.69, 9.17) is 9.15 Å². The zero-order valence-electron chi connectivity index (χ0n) is 12.7. The fourth-order valence-corrected chi connectivity index (χ4v) is 2.84. The van der Waals surface area contributed by atoms with E-state index in [2.05, 4.69) is 22.4 Å². The average Bonchev–Trinajstić information content (AvgIpc) is 3.17. The van der Waals surface area contributed by atoms with Gasteiger partial charge in [-0.25, -0.2) is 4.79 Å². The molecule has 1 atom stereocenters. The van der Waals surface area contributed by atoms with E-state index >= 15 is 0 Å². The van der Waals surface area contributed by atoms with Gasteiger partial charge in [-0.1, -0.05) is 13.3 Å². The molecule has 1 aliphatic rings. The fourth-order valence-electron chi connectivity index (χ4n) is 2.84. The van der Waals surface area contributed by atoms with Crippen molar-refractivity contribution in [2.45, 2.75) is 32.6 Å². The Bertz CT molecular complexity index is 685. The summed E-state index contributed by atoms with van der Waals surface area (Å²) in [5.74, 6) is 0.300. The number of aromatic amines is 1. The third-order valence-corrected chi connectivity index (χ3v) is 3.74. The molecule has 0 fully saturated rings. The molecule has 3 heterocycles. The minimum absolute atomic E-state index is 0.227. The Morgan fingerprint density at radius 1 is 1.45 bits per heavy atom. The molecule has 2 aromatic heterocycles. The van der Waals surface area contributed by atoms with Gasteiger partial charge < -0.3 is 14.5 Å². The highest BCUT2D eigenvalue weighted by atomic mass is 16.5. The van der Waals surface area contributed by atoms with E-state index in [1.54, 1.807) is 18.7 Å². The summed E-state index contributed by atoms with van der Waals surface area (Å²) in [4.78, 5) is 12.5. The number of carbonyl (C=O) groups excluding carboxylic acids is 1. The third kappa shape index (κ3) is 2.41. The number of furan rings is 1. The molecule has 0 saturated heterocycles. The Balaban J connectivity index is 2.13. The molecule has 3 rings (SSSR count). The number of anilines is 1. The van der Waals surface area contributed by atoms with Crippen molar-refractivity contribution in [1.29, 1.82) is 0 Å². The van der Waals surface area contributed by atoms with Crippen molar-refractivity contribution in [3.8, 4) is 0 Å². The molecule has 0 spiro atoms. The van der Waals surface area contributed by atoms with Gasteiger partial charge in [-0.05, 0) is 19.4 Å². The van der Waals surface area contributed by atoms with Crippen molar-refractivity contribution in [1.82, 2.24) is 10.2 Å². The maximum absolute atomic E-state index is 12.5. The van der Waals surface area contributed by atoms with E-state index in [1.807, 2.05) is 13.0 Å². The first kappa shape index (κ1) is 14.4. The number of esters is 1. The summed E-state index contributed by atoms with van der Waals surface area (Å²) < 4.78 is 10.5. The van der Waals surface area contributed by atoms with Crippen LogP contribution in [0.3, 0.4) is 0 Å². The lowest BCUT2D eigenvalue weighted by Gasteiger charge is -2.27. The third-order valence-electron chi connectivity index (χ3n) is 3.74. The SMILES string of the molecule is CCCC1=C(C(=O)OCC)C(c2ccoc2)c2cn[nH]c2N1. The largest absolute Gasteiger partial charge is 0.472 e. The molecule has 0 aromatic carbocycles. The van der Waals surface area contributed by atoms with E-state index in [0.717, 1.165) is 35.5 Å². The molecule has 6 nitrogen and oxygen atoms in total. The number of aromatic nitrogens is 2. The fraction of sp³-hybridized carbons (Fsp3) is 0.375. The quantitative estimate of drug-likeness (QED) is 0.829. The maximum atomic E-state index is 12.5. The highest BCUT2D eigenvalue weighted by Gasteiger charge is 2.35. The predicted octanol–water partition coefficient (Wildman–Crippen LogP) is 3.18. The first-order valence-corrected chi connectivity index (χ1v) is 7.48. The number of hydrogen-bond donors (Lipinski definition) is 2. The number of fused-ring (bicyclic) bond motifs is 1. The molecular formula is C16H19N3O3. The number of nitrogens with one attached hydrogen (secondary N) is 2. The first-order chi connectivity index (χ1) is 10.8. The molecule has 0 bridgehead atoms. The van der Waals surface area contributed by atoms with Crippen molar-refractivity contribution in [3.63, 3.8) is 0 Å². The van der Waals surface area contributed by atoms with Gasteiger partial charge in [0.2, 0.25) is 0 Å². The minimum atomic E-state index is -0.295. The molecule has 1 aliphatic heterocycles. The van der Waals surface area contributed by atoms with Crippen molar-refractivity contribution >= 4 is 11.8 Å². The molecule has 116 valence electrons. The molecule has 2 N–H and O–H groups in total. The van der Waals surface area contributed by atoms with Crippen LogP contribution >= 0.6 is 0 Å². The van der Waals surface area contributed by atoms with Crippen LogP contribution in [0.4, 0.5) is 5.82 Å². The van der Waals surface area contributed by atoms with Crippen LogP contribution in [-0.2, 0) is 9.53 Å². The number of hydrogen-bond acceptors (Lipinski definition) is 5. The van der Waals surface area contributed by atoms with Gasteiger partial charge in [-0.3, -0.25) is 5.10 Å². The summed E-state index contributed by atoms with van der Waals surface area (Å²) >= 11 is 0. The lowest BCUT2D eigenvalue weighted by Crippen LogP contribution is -2.24. The van der Waals surface area contributed by atoms with E-state index in [1.165, 1.54) is 0 Å².